The van der Waals surface area contributed by atoms with Crippen LogP contribution in [0.1, 0.15) is 26.7 Å². The van der Waals surface area contributed by atoms with E-state index in [1.54, 1.807) is 0 Å². The Bertz CT molecular complexity index is 746. The maximum Gasteiger partial charge on any atom is 0.230 e. The second-order valence-corrected chi connectivity index (χ2v) is 7.41. The number of para-hydroxylation sites is 1. The lowest BCUT2D eigenvalue weighted by atomic mass is 10.1. The molecular formula is C19H27N5OS. The van der Waals surface area contributed by atoms with Crippen molar-refractivity contribution in [2.45, 2.75) is 37.9 Å². The van der Waals surface area contributed by atoms with Gasteiger partial charge in [0.1, 0.15) is 5.82 Å². The van der Waals surface area contributed by atoms with Crippen molar-refractivity contribution >= 4 is 34.4 Å². The van der Waals surface area contributed by atoms with E-state index in [1.807, 2.05) is 31.2 Å². The Labute approximate surface area is 159 Å². The predicted octanol–water partition coefficient (Wildman–Crippen LogP) is 2.75. The van der Waals surface area contributed by atoms with Gasteiger partial charge in [0.05, 0.1) is 11.3 Å². The molecule has 1 aromatic heterocycles. The molecule has 1 aliphatic rings. The van der Waals surface area contributed by atoms with Crippen molar-refractivity contribution in [2.24, 2.45) is 0 Å². The second-order valence-electron chi connectivity index (χ2n) is 6.47. The van der Waals surface area contributed by atoms with Crippen LogP contribution < -0.4 is 10.6 Å². The Morgan fingerprint density at radius 3 is 2.73 bits per heavy atom. The molecule has 2 N–H and O–H groups in total. The van der Waals surface area contributed by atoms with Gasteiger partial charge in [-0.25, -0.2) is 9.97 Å². The zero-order chi connectivity index (χ0) is 18.4. The number of carbonyl (C=O) groups excluding carboxylic acids is 1. The summed E-state index contributed by atoms with van der Waals surface area (Å²) in [4.78, 5) is 23.9. The van der Waals surface area contributed by atoms with E-state index >= 15 is 0 Å². The summed E-state index contributed by atoms with van der Waals surface area (Å²) in [5.74, 6) is 1.23. The molecule has 3 rings (SSSR count). The van der Waals surface area contributed by atoms with Crippen LogP contribution in [0.25, 0.3) is 10.9 Å². The molecule has 1 fully saturated rings. The van der Waals surface area contributed by atoms with Crippen LogP contribution in [-0.2, 0) is 4.79 Å². The molecule has 1 aliphatic heterocycles. The number of hydrogen-bond donors (Lipinski definition) is 2. The van der Waals surface area contributed by atoms with Crippen molar-refractivity contribution in [2.75, 3.05) is 37.2 Å². The Morgan fingerprint density at radius 1 is 1.23 bits per heavy atom. The van der Waals surface area contributed by atoms with Gasteiger partial charge in [-0.2, -0.15) is 0 Å². The van der Waals surface area contributed by atoms with Crippen molar-refractivity contribution in [1.82, 2.24) is 20.2 Å². The topological polar surface area (TPSA) is 70.2 Å². The minimum atomic E-state index is 0.0618. The zero-order valence-electron chi connectivity index (χ0n) is 15.5. The van der Waals surface area contributed by atoms with Gasteiger partial charge >= 0.3 is 0 Å². The molecule has 6 nitrogen and oxygen atoms in total. The van der Waals surface area contributed by atoms with Crippen LogP contribution in [0.5, 0.6) is 0 Å². The lowest BCUT2D eigenvalue weighted by molar-refractivity contribution is -0.119. The number of aromatic nitrogens is 2. The first-order valence-electron chi connectivity index (χ1n) is 9.34. The SMILES string of the molecule is CCNc1nc(SCC(=O)NC2CCN(CC)CC2)nc2ccccc12. The summed E-state index contributed by atoms with van der Waals surface area (Å²) in [6, 6.07) is 8.23. The van der Waals surface area contributed by atoms with Gasteiger partial charge in [-0.15, -0.1) is 0 Å². The molecule has 1 aromatic carbocycles. The van der Waals surface area contributed by atoms with Crippen molar-refractivity contribution < 1.29 is 4.79 Å². The molecule has 7 heteroatoms. The monoisotopic (exact) mass is 373 g/mol. The van der Waals surface area contributed by atoms with Crippen molar-refractivity contribution in [1.29, 1.82) is 0 Å². The van der Waals surface area contributed by atoms with Gasteiger partial charge in [-0.1, -0.05) is 30.8 Å². The average molecular weight is 374 g/mol. The molecule has 2 aromatic rings. The fourth-order valence-electron chi connectivity index (χ4n) is 3.22. The van der Waals surface area contributed by atoms with Gasteiger partial charge in [0.15, 0.2) is 5.16 Å². The van der Waals surface area contributed by atoms with Crippen molar-refractivity contribution in [3.05, 3.63) is 24.3 Å². The van der Waals surface area contributed by atoms with E-state index in [4.69, 9.17) is 0 Å². The largest absolute Gasteiger partial charge is 0.370 e. The molecule has 26 heavy (non-hydrogen) atoms. The quantitative estimate of drug-likeness (QED) is 0.574. The first-order valence-corrected chi connectivity index (χ1v) is 10.3. The Kier molecular flexibility index (Phi) is 6.68. The van der Waals surface area contributed by atoms with E-state index in [-0.39, 0.29) is 5.91 Å². The first-order chi connectivity index (χ1) is 12.7. The number of likely N-dealkylation sites (tertiary alicyclic amines) is 1. The second kappa shape index (κ2) is 9.19. The van der Waals surface area contributed by atoms with Crippen LogP contribution in [0.2, 0.25) is 0 Å². The van der Waals surface area contributed by atoms with Crippen molar-refractivity contribution in [3.63, 3.8) is 0 Å². The summed E-state index contributed by atoms with van der Waals surface area (Å²) >= 11 is 1.39. The van der Waals surface area contributed by atoms with Gasteiger partial charge in [0.25, 0.3) is 0 Å². The molecule has 1 amide bonds. The van der Waals surface area contributed by atoms with E-state index in [9.17, 15) is 4.79 Å². The van der Waals surface area contributed by atoms with Gasteiger partial charge in [-0.3, -0.25) is 4.79 Å². The number of benzene rings is 1. The van der Waals surface area contributed by atoms with Crippen LogP contribution >= 0.6 is 11.8 Å². The van der Waals surface area contributed by atoms with E-state index in [2.05, 4.69) is 32.4 Å². The van der Waals surface area contributed by atoms with Gasteiger partial charge in [0.2, 0.25) is 5.91 Å². The van der Waals surface area contributed by atoms with Crippen LogP contribution in [-0.4, -0.2) is 58.7 Å². The fraction of sp³-hybridized carbons (Fsp3) is 0.526. The summed E-state index contributed by atoms with van der Waals surface area (Å²) in [7, 11) is 0. The minimum absolute atomic E-state index is 0.0618. The van der Waals surface area contributed by atoms with E-state index in [0.29, 0.717) is 17.0 Å². The molecule has 0 radical (unpaired) electrons. The van der Waals surface area contributed by atoms with Crippen LogP contribution in [0.3, 0.4) is 0 Å². The number of carbonyl (C=O) groups is 1. The fourth-order valence-corrected chi connectivity index (χ4v) is 3.88. The van der Waals surface area contributed by atoms with Gasteiger partial charge in [0, 0.05) is 31.1 Å². The molecule has 1 saturated heterocycles. The Hall–Kier alpha value is -1.86. The predicted molar refractivity (Wildman–Crippen MR) is 108 cm³/mol. The highest BCUT2D eigenvalue weighted by Crippen LogP contribution is 2.24. The number of nitrogens with zero attached hydrogens (tertiary/aromatic N) is 3. The number of hydrogen-bond acceptors (Lipinski definition) is 6. The molecule has 0 unspecified atom stereocenters. The summed E-state index contributed by atoms with van der Waals surface area (Å²) < 4.78 is 0. The normalized spacial score (nSPS) is 15.9. The van der Waals surface area contributed by atoms with Crippen LogP contribution in [0.4, 0.5) is 5.82 Å². The smallest absolute Gasteiger partial charge is 0.230 e. The number of rotatable bonds is 7. The summed E-state index contributed by atoms with van der Waals surface area (Å²) in [6.45, 7) is 8.23. The third-order valence-corrected chi connectivity index (χ3v) is 5.51. The number of amides is 1. The summed E-state index contributed by atoms with van der Waals surface area (Å²) in [6.07, 6.45) is 2.06. The molecule has 0 bridgehead atoms. The summed E-state index contributed by atoms with van der Waals surface area (Å²) in [5, 5.41) is 8.08. The molecule has 0 aliphatic carbocycles. The number of nitrogens with one attached hydrogen (secondary N) is 2. The molecule has 0 spiro atoms. The highest BCUT2D eigenvalue weighted by atomic mass is 32.2. The standard InChI is InChI=1S/C19H27N5OS/c1-3-20-18-15-7-5-6-8-16(15)22-19(23-18)26-13-17(25)21-14-9-11-24(4-2)12-10-14/h5-8,14H,3-4,9-13H2,1-2H3,(H,21,25)(H,20,22,23). The van der Waals surface area contributed by atoms with Gasteiger partial charge in [-0.05, 0) is 38.4 Å². The Balaban J connectivity index is 1.58. The molecular weight excluding hydrogens is 346 g/mol. The van der Waals surface area contributed by atoms with Crippen LogP contribution in [0, 0.1) is 0 Å². The molecule has 0 saturated carbocycles. The summed E-state index contributed by atoms with van der Waals surface area (Å²) in [5.41, 5.74) is 0.897. The van der Waals surface area contributed by atoms with E-state index in [0.717, 1.165) is 55.7 Å². The third-order valence-electron chi connectivity index (χ3n) is 4.66. The van der Waals surface area contributed by atoms with Crippen LogP contribution in [0.15, 0.2) is 29.4 Å². The maximum atomic E-state index is 12.3. The lowest BCUT2D eigenvalue weighted by Gasteiger charge is -2.31. The first kappa shape index (κ1) is 18.9. The molecule has 140 valence electrons. The number of piperidine rings is 1. The minimum Gasteiger partial charge on any atom is -0.370 e. The number of thioether (sulfide) groups is 1. The zero-order valence-corrected chi connectivity index (χ0v) is 16.3. The van der Waals surface area contributed by atoms with E-state index in [1.165, 1.54) is 11.8 Å². The lowest BCUT2D eigenvalue weighted by Crippen LogP contribution is -2.45. The number of fused-ring (bicyclic) bond motifs is 1. The number of anilines is 1. The highest BCUT2D eigenvalue weighted by molar-refractivity contribution is 7.99. The Morgan fingerprint density at radius 2 is 2.00 bits per heavy atom. The van der Waals surface area contributed by atoms with E-state index < -0.39 is 0 Å². The maximum absolute atomic E-state index is 12.3. The highest BCUT2D eigenvalue weighted by Gasteiger charge is 2.19. The van der Waals surface area contributed by atoms with Gasteiger partial charge < -0.3 is 15.5 Å². The average Bonchev–Trinajstić information content (AvgIpc) is 2.67. The van der Waals surface area contributed by atoms with Crippen molar-refractivity contribution in [3.8, 4) is 0 Å². The molecule has 0 atom stereocenters. The third kappa shape index (κ3) is 4.86. The molecule has 2 heterocycles.